The number of rotatable bonds is 10. The highest BCUT2D eigenvalue weighted by atomic mass is 19.4. The predicted octanol–water partition coefficient (Wildman–Crippen LogP) is 8.93. The number of nitrogens with zero attached hydrogens (tertiary/aromatic N) is 7. The smallest absolute Gasteiger partial charge is 0.410 e. The van der Waals surface area contributed by atoms with Gasteiger partial charge in [0.05, 0.1) is 42.0 Å². The van der Waals surface area contributed by atoms with E-state index in [-0.39, 0.29) is 42.8 Å². The molecule has 4 saturated heterocycles. The van der Waals surface area contributed by atoms with Crippen LogP contribution in [0.15, 0.2) is 54.7 Å². The summed E-state index contributed by atoms with van der Waals surface area (Å²) in [5.41, 5.74) is 7.17. The summed E-state index contributed by atoms with van der Waals surface area (Å²) in [5, 5.41) is 5.27. The van der Waals surface area contributed by atoms with E-state index in [9.17, 15) is 19.2 Å². The molecule has 2 aromatic heterocycles. The maximum absolute atomic E-state index is 15.2. The normalized spacial score (nSPS) is 24.3. The van der Waals surface area contributed by atoms with E-state index in [0.29, 0.717) is 85.0 Å². The molecule has 7 heterocycles. The summed E-state index contributed by atoms with van der Waals surface area (Å²) in [7, 11) is 1.57. The molecule has 80 heavy (non-hydrogen) atoms. The lowest BCUT2D eigenvalue weighted by molar-refractivity contribution is -0.155. The van der Waals surface area contributed by atoms with Crippen LogP contribution >= 0.6 is 0 Å². The second kappa shape index (κ2) is 22.5. The summed E-state index contributed by atoms with van der Waals surface area (Å²) in [6.45, 7) is 20.0. The monoisotopic (exact) mass is 1110 g/mol. The summed E-state index contributed by atoms with van der Waals surface area (Å²) in [4.78, 5) is 71.0. The van der Waals surface area contributed by atoms with Crippen molar-refractivity contribution in [1.29, 1.82) is 0 Å². The Labute approximate surface area is 469 Å². The second-order valence-electron chi connectivity index (χ2n) is 25.8. The number of benzene rings is 2. The number of halogens is 3. The number of carbonyl (C=O) groups excluding carboxylic acids is 4. The Hall–Kier alpha value is -5.76. The molecule has 5 fully saturated rings. The summed E-state index contributed by atoms with van der Waals surface area (Å²) < 4.78 is 64.7. The number of amides is 3. The number of pyridine rings is 1. The first-order chi connectivity index (χ1) is 37.9. The number of aromatic nitrogens is 2. The van der Waals surface area contributed by atoms with Crippen molar-refractivity contribution in [2.45, 2.75) is 155 Å². The third kappa shape index (κ3) is 12.7. The molecule has 5 aliphatic heterocycles. The number of nitrogens with one attached hydrogen (secondary N) is 2. The Bertz CT molecular complexity index is 2960. The molecule has 434 valence electrons. The minimum Gasteiger partial charge on any atom is -0.464 e. The van der Waals surface area contributed by atoms with E-state index in [1.54, 1.807) is 18.1 Å². The first kappa shape index (κ1) is 57.5. The molecular formula is C61H82F3N9O7. The Balaban J connectivity index is 1.03. The van der Waals surface area contributed by atoms with Gasteiger partial charge in [-0.3, -0.25) is 34.2 Å². The number of hydrazine groups is 1. The number of hydrogen-bond acceptors (Lipinski definition) is 12. The highest BCUT2D eigenvalue weighted by Crippen LogP contribution is 2.45. The van der Waals surface area contributed by atoms with Crippen LogP contribution in [0.25, 0.3) is 33.3 Å². The number of carbonyl (C=O) groups is 4. The maximum atomic E-state index is 15.2. The van der Waals surface area contributed by atoms with Crippen LogP contribution in [0.3, 0.4) is 0 Å². The molecule has 4 aromatic rings. The topological polar surface area (TPSA) is 154 Å². The van der Waals surface area contributed by atoms with Crippen LogP contribution in [-0.2, 0) is 48.0 Å². The summed E-state index contributed by atoms with van der Waals surface area (Å²) >= 11 is 0. The quantitative estimate of drug-likeness (QED) is 0.146. The SMILES string of the molecule is CO[C@@H](C)c1ncc(N2CCN(C3CC3)CC2)cc1-c1c2c3cc(ccc3n1CC(F)(F)F)-c1cccc(c1)C[C@H](NC(=O)[C@H](C(C)C)N1CC[C@]3(CCN(C(=O)OC(C)(C)C)C3)C1)C(=O)N1CCC[C@H](N1)C(=O)OCC(C)(C)C2. The van der Waals surface area contributed by atoms with Crippen molar-refractivity contribution in [3.63, 3.8) is 0 Å². The number of alkyl halides is 3. The van der Waals surface area contributed by atoms with E-state index in [1.807, 2.05) is 104 Å². The second-order valence-corrected chi connectivity index (χ2v) is 25.8. The van der Waals surface area contributed by atoms with E-state index in [2.05, 4.69) is 25.4 Å². The van der Waals surface area contributed by atoms with Gasteiger partial charge < -0.3 is 33.9 Å². The van der Waals surface area contributed by atoms with Gasteiger partial charge in [-0.15, -0.1) is 0 Å². The van der Waals surface area contributed by atoms with Crippen LogP contribution in [0, 0.1) is 16.7 Å². The van der Waals surface area contributed by atoms with Gasteiger partial charge in [0.25, 0.3) is 5.91 Å². The lowest BCUT2D eigenvalue weighted by Crippen LogP contribution is -2.62. The lowest BCUT2D eigenvalue weighted by atomic mass is 9.84. The zero-order valence-electron chi connectivity index (χ0n) is 48.2. The van der Waals surface area contributed by atoms with E-state index >= 15 is 13.2 Å². The fourth-order valence-electron chi connectivity index (χ4n) is 13.1. The Morgan fingerprint density at radius 1 is 0.912 bits per heavy atom. The zero-order chi connectivity index (χ0) is 57.1. The van der Waals surface area contributed by atoms with Crippen LogP contribution in [0.4, 0.5) is 23.7 Å². The molecule has 3 amide bonds. The number of ether oxygens (including phenoxy) is 3. The number of cyclic esters (lactones) is 1. The average Bonchev–Trinajstić information content (AvgIpc) is 4.07. The third-order valence-electron chi connectivity index (χ3n) is 17.3. The molecule has 1 spiro atoms. The van der Waals surface area contributed by atoms with Crippen molar-refractivity contribution in [2.75, 3.05) is 77.5 Å². The van der Waals surface area contributed by atoms with Gasteiger partial charge in [0.2, 0.25) is 5.91 Å². The fourth-order valence-corrected chi connectivity index (χ4v) is 13.1. The van der Waals surface area contributed by atoms with Gasteiger partial charge in [0.1, 0.15) is 24.2 Å². The van der Waals surface area contributed by atoms with Gasteiger partial charge in [-0.1, -0.05) is 58.0 Å². The Morgan fingerprint density at radius 3 is 2.35 bits per heavy atom. The minimum atomic E-state index is -4.60. The molecule has 19 heteroatoms. The molecule has 1 aliphatic carbocycles. The Morgan fingerprint density at radius 2 is 1.65 bits per heavy atom. The van der Waals surface area contributed by atoms with Crippen molar-refractivity contribution in [3.05, 3.63) is 71.5 Å². The molecule has 5 atom stereocenters. The maximum Gasteiger partial charge on any atom is 0.410 e. The first-order valence-electron chi connectivity index (χ1n) is 29.0. The molecule has 10 rings (SSSR count). The molecule has 2 aromatic carbocycles. The highest BCUT2D eigenvalue weighted by molar-refractivity contribution is 5.96. The number of anilines is 1. The average molecular weight is 1110 g/mol. The van der Waals surface area contributed by atoms with Crippen LogP contribution in [-0.4, -0.2) is 162 Å². The Kier molecular flexibility index (Phi) is 16.2. The van der Waals surface area contributed by atoms with Crippen LogP contribution in [0.1, 0.15) is 117 Å². The summed E-state index contributed by atoms with van der Waals surface area (Å²) in [6, 6.07) is 13.4. The van der Waals surface area contributed by atoms with E-state index in [4.69, 9.17) is 19.2 Å². The third-order valence-corrected chi connectivity index (χ3v) is 17.3. The molecule has 0 unspecified atom stereocenters. The van der Waals surface area contributed by atoms with Crippen molar-refractivity contribution in [2.24, 2.45) is 16.7 Å². The van der Waals surface area contributed by atoms with Crippen molar-refractivity contribution in [1.82, 2.24) is 40.0 Å². The number of methoxy groups -OCH3 is 1. The predicted molar refractivity (Wildman–Crippen MR) is 301 cm³/mol. The first-order valence-corrected chi connectivity index (χ1v) is 29.0. The molecule has 2 N–H and O–H groups in total. The largest absolute Gasteiger partial charge is 0.464 e. The summed E-state index contributed by atoms with van der Waals surface area (Å²) in [5.74, 6) is -1.36. The van der Waals surface area contributed by atoms with Gasteiger partial charge in [0, 0.05) is 99.2 Å². The number of hydrogen-bond donors (Lipinski definition) is 2. The van der Waals surface area contributed by atoms with Crippen LogP contribution in [0.2, 0.25) is 0 Å². The standard InChI is InChI=1S/C61H82F3N9O7/c1-38(2)52(70-22-19-60(34-70)20-23-71(35-60)57(77)80-58(4,5)6)54(74)66-49-29-40-12-10-13-41(28-40)42-15-18-50-45(30-42)47(32-59(7,8)37-79-56(76)48-14-11-21-73(67-48)55(49)75)53(72(50)36-61(62,63)64)46-31-44(33-65-51(46)39(3)78-9)69-26-24-68(25-27-69)43-16-17-43/h10,12-13,15,18,28,30-31,33,38-39,43,48-49,52,67H,11,14,16-17,19-27,29,32,34-37H2,1-9H3,(H,66,74)/t39-,48-,49-,52-,60-/m0/s1. The molecule has 16 nitrogen and oxygen atoms in total. The molecule has 6 bridgehead atoms. The molecule has 0 radical (unpaired) electrons. The number of esters is 1. The van der Waals surface area contributed by atoms with Crippen molar-refractivity contribution >= 4 is 40.5 Å². The lowest BCUT2D eigenvalue weighted by Gasteiger charge is -2.37. The van der Waals surface area contributed by atoms with E-state index in [0.717, 1.165) is 61.4 Å². The van der Waals surface area contributed by atoms with Crippen LogP contribution in [0.5, 0.6) is 0 Å². The number of likely N-dealkylation sites (tertiary alicyclic amines) is 2. The molecule has 1 saturated carbocycles. The van der Waals surface area contributed by atoms with Gasteiger partial charge in [-0.25, -0.2) is 10.2 Å². The number of piperazine rings is 1. The zero-order valence-corrected chi connectivity index (χ0v) is 48.2. The minimum absolute atomic E-state index is 0.0674. The summed E-state index contributed by atoms with van der Waals surface area (Å²) in [6.07, 6.45) is 1.58. The molecule has 6 aliphatic rings. The van der Waals surface area contributed by atoms with Crippen LogP contribution < -0.4 is 15.6 Å². The van der Waals surface area contributed by atoms with E-state index < -0.39 is 59.8 Å². The van der Waals surface area contributed by atoms with Gasteiger partial charge in [-0.05, 0) is 126 Å². The van der Waals surface area contributed by atoms with Gasteiger partial charge in [0.15, 0.2) is 0 Å². The van der Waals surface area contributed by atoms with Crippen molar-refractivity contribution in [3.8, 4) is 22.4 Å². The van der Waals surface area contributed by atoms with Gasteiger partial charge in [-0.2, -0.15) is 13.2 Å². The van der Waals surface area contributed by atoms with Crippen molar-refractivity contribution < 1.29 is 46.6 Å². The fraction of sp³-hybridized carbons (Fsp3) is 0.623. The highest BCUT2D eigenvalue weighted by Gasteiger charge is 2.49. The number of fused-ring (bicyclic) bond motifs is 6. The molecular weight excluding hydrogens is 1030 g/mol. The van der Waals surface area contributed by atoms with Gasteiger partial charge >= 0.3 is 18.2 Å². The van der Waals surface area contributed by atoms with E-state index in [1.165, 1.54) is 22.4 Å².